The lowest BCUT2D eigenvalue weighted by Gasteiger charge is -2.22. The molecule has 1 aromatic carbocycles. The molecule has 0 aliphatic carbocycles. The molecule has 2 rings (SSSR count). The normalized spacial score (nSPS) is 19.2. The first-order chi connectivity index (χ1) is 9.52. The Kier molecular flexibility index (Phi) is 4.54. The van der Waals surface area contributed by atoms with Gasteiger partial charge in [-0.25, -0.2) is 8.78 Å². The molecule has 1 atom stereocenters. The monoisotopic (exact) mass is 283 g/mol. The van der Waals surface area contributed by atoms with Gasteiger partial charge in [0.2, 0.25) is 0 Å². The topological polar surface area (TPSA) is 58.4 Å². The molecule has 20 heavy (non-hydrogen) atoms. The lowest BCUT2D eigenvalue weighted by atomic mass is 10.1. The minimum atomic E-state index is -0.911. The third-order valence-corrected chi connectivity index (χ3v) is 3.74. The molecular weight excluding hydrogens is 264 g/mol. The Labute approximate surface area is 116 Å². The molecule has 0 aromatic heterocycles. The van der Waals surface area contributed by atoms with E-state index in [4.69, 9.17) is 5.73 Å². The minimum absolute atomic E-state index is 0.0461. The summed E-state index contributed by atoms with van der Waals surface area (Å²) in [7, 11) is 0. The van der Waals surface area contributed by atoms with Crippen LogP contribution < -0.4 is 11.1 Å². The number of carbonyl (C=O) groups is 1. The van der Waals surface area contributed by atoms with Gasteiger partial charge in [0.25, 0.3) is 5.91 Å². The second kappa shape index (κ2) is 6.17. The van der Waals surface area contributed by atoms with E-state index in [9.17, 15) is 13.6 Å². The van der Waals surface area contributed by atoms with E-state index >= 15 is 0 Å². The van der Waals surface area contributed by atoms with Gasteiger partial charge < -0.3 is 11.1 Å². The number of nitrogens with zero attached hydrogens (tertiary/aromatic N) is 1. The van der Waals surface area contributed by atoms with E-state index in [1.807, 2.05) is 0 Å². The van der Waals surface area contributed by atoms with E-state index in [2.05, 4.69) is 17.1 Å². The van der Waals surface area contributed by atoms with Crippen LogP contribution in [0.5, 0.6) is 0 Å². The Bertz CT molecular complexity index is 484. The summed E-state index contributed by atoms with van der Waals surface area (Å²) in [5.74, 6) is -2.30. The Hall–Kier alpha value is -1.69. The number of hydrogen-bond acceptors (Lipinski definition) is 3. The third kappa shape index (κ3) is 3.07. The van der Waals surface area contributed by atoms with Crippen molar-refractivity contribution in [3.63, 3.8) is 0 Å². The van der Waals surface area contributed by atoms with E-state index in [1.165, 1.54) is 0 Å². The first kappa shape index (κ1) is 14.7. The molecule has 1 fully saturated rings. The maximum absolute atomic E-state index is 13.3. The molecule has 1 unspecified atom stereocenters. The highest BCUT2D eigenvalue weighted by Crippen LogP contribution is 2.18. The van der Waals surface area contributed by atoms with Crippen LogP contribution in [-0.4, -0.2) is 36.5 Å². The van der Waals surface area contributed by atoms with Crippen molar-refractivity contribution in [3.05, 3.63) is 29.3 Å². The number of likely N-dealkylation sites (tertiary alicyclic amines) is 1. The van der Waals surface area contributed by atoms with E-state index in [0.29, 0.717) is 12.6 Å². The van der Waals surface area contributed by atoms with Crippen LogP contribution in [0, 0.1) is 11.6 Å². The molecule has 0 bridgehead atoms. The molecule has 1 aromatic rings. The highest BCUT2D eigenvalue weighted by Gasteiger charge is 2.23. The molecule has 1 amide bonds. The standard InChI is InChI=1S/C14H19F2N3O/c1-2-19-5-3-4-10(19)8-18-14(20)9-6-11(15)13(17)12(16)7-9/h6-7,10H,2-5,8,17H2,1H3,(H,18,20). The molecule has 3 N–H and O–H groups in total. The molecule has 0 spiro atoms. The average Bonchev–Trinajstić information content (AvgIpc) is 2.89. The van der Waals surface area contributed by atoms with Gasteiger partial charge in [-0.2, -0.15) is 0 Å². The highest BCUT2D eigenvalue weighted by atomic mass is 19.1. The predicted molar refractivity (Wildman–Crippen MR) is 73.4 cm³/mol. The Balaban J connectivity index is 1.98. The number of nitrogens with one attached hydrogen (secondary N) is 1. The van der Waals surface area contributed by atoms with Crippen LogP contribution in [-0.2, 0) is 0 Å². The summed E-state index contributed by atoms with van der Waals surface area (Å²) in [4.78, 5) is 14.2. The summed E-state index contributed by atoms with van der Waals surface area (Å²) < 4.78 is 26.6. The van der Waals surface area contributed by atoms with Gasteiger partial charge >= 0.3 is 0 Å². The summed E-state index contributed by atoms with van der Waals surface area (Å²) >= 11 is 0. The van der Waals surface area contributed by atoms with Crippen LogP contribution in [0.1, 0.15) is 30.1 Å². The zero-order chi connectivity index (χ0) is 14.7. The molecule has 0 saturated carbocycles. The SMILES string of the molecule is CCN1CCCC1CNC(=O)c1cc(F)c(N)c(F)c1. The van der Waals surface area contributed by atoms with Gasteiger partial charge in [0.05, 0.1) is 0 Å². The third-order valence-electron chi connectivity index (χ3n) is 3.74. The maximum atomic E-state index is 13.3. The van der Waals surface area contributed by atoms with E-state index in [-0.39, 0.29) is 5.56 Å². The molecule has 6 heteroatoms. The van der Waals surface area contributed by atoms with Crippen molar-refractivity contribution in [2.75, 3.05) is 25.4 Å². The molecular formula is C14H19F2N3O. The van der Waals surface area contributed by atoms with Gasteiger partial charge in [0.15, 0.2) is 0 Å². The van der Waals surface area contributed by atoms with Crippen molar-refractivity contribution in [3.8, 4) is 0 Å². The predicted octanol–water partition coefficient (Wildman–Crippen LogP) is 1.76. The molecule has 1 heterocycles. The van der Waals surface area contributed by atoms with Crippen molar-refractivity contribution in [2.45, 2.75) is 25.8 Å². The summed E-state index contributed by atoms with van der Waals surface area (Å²) in [6.07, 6.45) is 2.14. The van der Waals surface area contributed by atoms with Crippen LogP contribution in [0.4, 0.5) is 14.5 Å². The zero-order valence-electron chi connectivity index (χ0n) is 11.5. The van der Waals surface area contributed by atoms with Gasteiger partial charge in [0, 0.05) is 18.2 Å². The lowest BCUT2D eigenvalue weighted by Crippen LogP contribution is -2.40. The second-order valence-electron chi connectivity index (χ2n) is 4.99. The molecule has 110 valence electrons. The summed E-state index contributed by atoms with van der Waals surface area (Å²) in [5, 5.41) is 2.72. The van der Waals surface area contributed by atoms with E-state index in [0.717, 1.165) is 38.1 Å². The maximum Gasteiger partial charge on any atom is 0.251 e. The minimum Gasteiger partial charge on any atom is -0.394 e. The van der Waals surface area contributed by atoms with Crippen LogP contribution in [0.15, 0.2) is 12.1 Å². The summed E-state index contributed by atoms with van der Waals surface area (Å²) in [5.41, 5.74) is 4.57. The number of likely N-dealkylation sites (N-methyl/N-ethyl adjacent to an activating group) is 1. The number of nitrogen functional groups attached to an aromatic ring is 1. The molecule has 1 saturated heterocycles. The van der Waals surface area contributed by atoms with E-state index < -0.39 is 23.2 Å². The smallest absolute Gasteiger partial charge is 0.251 e. The molecule has 1 aliphatic heterocycles. The molecule has 0 radical (unpaired) electrons. The second-order valence-corrected chi connectivity index (χ2v) is 4.99. The number of rotatable bonds is 4. The number of amides is 1. The lowest BCUT2D eigenvalue weighted by molar-refractivity contribution is 0.0940. The Morgan fingerprint density at radius 1 is 1.45 bits per heavy atom. The first-order valence-corrected chi connectivity index (χ1v) is 6.79. The fraction of sp³-hybridized carbons (Fsp3) is 0.500. The van der Waals surface area contributed by atoms with Gasteiger partial charge in [-0.05, 0) is 38.1 Å². The fourth-order valence-corrected chi connectivity index (χ4v) is 2.57. The number of carbonyl (C=O) groups excluding carboxylic acids is 1. The van der Waals surface area contributed by atoms with Crippen LogP contribution in [0.2, 0.25) is 0 Å². The van der Waals surface area contributed by atoms with Crippen LogP contribution in [0.25, 0.3) is 0 Å². The van der Waals surface area contributed by atoms with Crippen molar-refractivity contribution < 1.29 is 13.6 Å². The van der Waals surface area contributed by atoms with Crippen LogP contribution >= 0.6 is 0 Å². The van der Waals surface area contributed by atoms with Crippen molar-refractivity contribution in [1.29, 1.82) is 0 Å². The fourth-order valence-electron chi connectivity index (χ4n) is 2.57. The quantitative estimate of drug-likeness (QED) is 0.828. The van der Waals surface area contributed by atoms with Crippen molar-refractivity contribution >= 4 is 11.6 Å². The Morgan fingerprint density at radius 3 is 2.70 bits per heavy atom. The number of anilines is 1. The summed E-state index contributed by atoms with van der Waals surface area (Å²) in [6, 6.07) is 2.22. The number of nitrogens with two attached hydrogens (primary N) is 1. The Morgan fingerprint density at radius 2 is 2.10 bits per heavy atom. The summed E-state index contributed by atoms with van der Waals surface area (Å²) in [6.45, 7) is 4.53. The molecule has 4 nitrogen and oxygen atoms in total. The van der Waals surface area contributed by atoms with E-state index in [1.54, 1.807) is 0 Å². The number of benzene rings is 1. The highest BCUT2D eigenvalue weighted by molar-refractivity contribution is 5.94. The largest absolute Gasteiger partial charge is 0.394 e. The van der Waals surface area contributed by atoms with Gasteiger partial charge in [-0.3, -0.25) is 9.69 Å². The zero-order valence-corrected chi connectivity index (χ0v) is 11.5. The first-order valence-electron chi connectivity index (χ1n) is 6.79. The van der Waals surface area contributed by atoms with Crippen molar-refractivity contribution in [2.24, 2.45) is 0 Å². The van der Waals surface area contributed by atoms with Gasteiger partial charge in [-0.1, -0.05) is 6.92 Å². The average molecular weight is 283 g/mol. The van der Waals surface area contributed by atoms with Crippen LogP contribution in [0.3, 0.4) is 0 Å². The van der Waals surface area contributed by atoms with Gasteiger partial charge in [-0.15, -0.1) is 0 Å². The molecule has 1 aliphatic rings. The number of halogens is 2. The number of hydrogen-bond donors (Lipinski definition) is 2. The van der Waals surface area contributed by atoms with Gasteiger partial charge in [0.1, 0.15) is 17.3 Å². The van der Waals surface area contributed by atoms with Crippen molar-refractivity contribution in [1.82, 2.24) is 10.2 Å².